The molecule has 0 aliphatic carbocycles. The summed E-state index contributed by atoms with van der Waals surface area (Å²) in [6.45, 7) is 2.01. The predicted molar refractivity (Wildman–Crippen MR) is 100 cm³/mol. The summed E-state index contributed by atoms with van der Waals surface area (Å²) < 4.78 is 29.1. The smallest absolute Gasteiger partial charge is 0.323 e. The van der Waals surface area contributed by atoms with Gasteiger partial charge < -0.3 is 15.2 Å². The Morgan fingerprint density at radius 1 is 1.25 bits per heavy atom. The summed E-state index contributed by atoms with van der Waals surface area (Å²) >= 11 is 0. The maximum absolute atomic E-state index is 14.0. The number of carbonyl (C=O) groups is 1. The van der Waals surface area contributed by atoms with Crippen molar-refractivity contribution in [1.29, 1.82) is 0 Å². The second kappa shape index (κ2) is 7.26. The lowest BCUT2D eigenvalue weighted by atomic mass is 10.0. The molecule has 0 radical (unpaired) electrons. The minimum atomic E-state index is -0.736. The average molecular weight is 384 g/mol. The third-order valence-corrected chi connectivity index (χ3v) is 4.63. The SMILES string of the molecule is Nc1ccc(-c2ccc(F)cc2F)nc1NC(=O)N1CC(Cn2ccnc2)C1. The summed E-state index contributed by atoms with van der Waals surface area (Å²) in [7, 11) is 0. The summed E-state index contributed by atoms with van der Waals surface area (Å²) in [5.41, 5.74) is 6.53. The van der Waals surface area contributed by atoms with Gasteiger partial charge in [-0.2, -0.15) is 0 Å². The molecule has 3 N–H and O–H groups in total. The minimum absolute atomic E-state index is 0.126. The van der Waals surface area contributed by atoms with Gasteiger partial charge in [0.1, 0.15) is 11.6 Å². The molecule has 1 aromatic carbocycles. The number of imidazole rings is 1. The highest BCUT2D eigenvalue weighted by Crippen LogP contribution is 2.27. The quantitative estimate of drug-likeness (QED) is 0.724. The molecule has 1 fully saturated rings. The first kappa shape index (κ1) is 17.9. The summed E-state index contributed by atoms with van der Waals surface area (Å²) in [5.74, 6) is -0.915. The Bertz CT molecular complexity index is 1000. The molecule has 2 aromatic heterocycles. The average Bonchev–Trinajstić information content (AvgIpc) is 3.13. The van der Waals surface area contributed by atoms with Gasteiger partial charge in [0.25, 0.3) is 0 Å². The first-order valence-electron chi connectivity index (χ1n) is 8.73. The number of aromatic nitrogens is 3. The zero-order valence-corrected chi connectivity index (χ0v) is 14.8. The van der Waals surface area contributed by atoms with Gasteiger partial charge in [-0.3, -0.25) is 5.32 Å². The van der Waals surface area contributed by atoms with E-state index in [0.717, 1.165) is 18.7 Å². The third-order valence-electron chi connectivity index (χ3n) is 4.63. The maximum atomic E-state index is 14.0. The lowest BCUT2D eigenvalue weighted by Crippen LogP contribution is -2.53. The van der Waals surface area contributed by atoms with Crippen LogP contribution in [0.4, 0.5) is 25.1 Å². The highest BCUT2D eigenvalue weighted by molar-refractivity contribution is 5.92. The molecule has 4 rings (SSSR count). The van der Waals surface area contributed by atoms with Crippen LogP contribution in [-0.4, -0.2) is 38.6 Å². The van der Waals surface area contributed by atoms with E-state index >= 15 is 0 Å². The van der Waals surface area contributed by atoms with Crippen molar-refractivity contribution >= 4 is 17.5 Å². The van der Waals surface area contributed by atoms with Crippen LogP contribution in [0.3, 0.4) is 0 Å². The molecule has 9 heteroatoms. The van der Waals surface area contributed by atoms with Crippen molar-refractivity contribution in [3.63, 3.8) is 0 Å². The number of halogens is 2. The summed E-state index contributed by atoms with van der Waals surface area (Å²) in [5, 5.41) is 2.67. The molecule has 1 aliphatic rings. The number of hydrogen-bond acceptors (Lipinski definition) is 4. The van der Waals surface area contributed by atoms with Gasteiger partial charge in [-0.15, -0.1) is 0 Å². The standard InChI is InChI=1S/C19H18F2N6O/c20-13-1-2-14(15(21)7-13)17-4-3-16(22)18(24-17)25-19(28)27-9-12(10-27)8-26-6-5-23-11-26/h1-7,11-12H,8-10,22H2,(H,24,25,28). The van der Waals surface area contributed by atoms with Crippen LogP contribution in [0.25, 0.3) is 11.3 Å². The van der Waals surface area contributed by atoms with E-state index < -0.39 is 11.6 Å². The van der Waals surface area contributed by atoms with Crippen LogP contribution in [0.1, 0.15) is 0 Å². The minimum Gasteiger partial charge on any atom is -0.396 e. The first-order valence-corrected chi connectivity index (χ1v) is 8.73. The number of rotatable bonds is 4. The number of anilines is 2. The molecular weight excluding hydrogens is 366 g/mol. The molecule has 0 bridgehead atoms. The monoisotopic (exact) mass is 384 g/mol. The van der Waals surface area contributed by atoms with E-state index in [1.165, 1.54) is 18.2 Å². The zero-order valence-electron chi connectivity index (χ0n) is 14.8. The van der Waals surface area contributed by atoms with Gasteiger partial charge in [0.05, 0.1) is 17.7 Å². The lowest BCUT2D eigenvalue weighted by molar-refractivity contribution is 0.120. The molecule has 0 spiro atoms. The molecule has 3 aromatic rings. The third kappa shape index (κ3) is 3.64. The van der Waals surface area contributed by atoms with Gasteiger partial charge in [-0.05, 0) is 24.3 Å². The van der Waals surface area contributed by atoms with Gasteiger partial charge in [-0.1, -0.05) is 0 Å². The van der Waals surface area contributed by atoms with Crippen molar-refractivity contribution in [2.24, 2.45) is 5.92 Å². The number of likely N-dealkylation sites (tertiary alicyclic amines) is 1. The number of nitrogens with two attached hydrogens (primary N) is 1. The molecular formula is C19H18F2N6O. The van der Waals surface area contributed by atoms with Crippen LogP contribution >= 0.6 is 0 Å². The molecule has 1 saturated heterocycles. The number of hydrogen-bond donors (Lipinski definition) is 2. The molecule has 0 saturated carbocycles. The number of urea groups is 1. The Morgan fingerprint density at radius 2 is 2.07 bits per heavy atom. The molecule has 144 valence electrons. The van der Waals surface area contributed by atoms with Crippen LogP contribution in [0.15, 0.2) is 49.1 Å². The van der Waals surface area contributed by atoms with Crippen molar-refractivity contribution < 1.29 is 13.6 Å². The molecule has 28 heavy (non-hydrogen) atoms. The van der Waals surface area contributed by atoms with Gasteiger partial charge in [-0.25, -0.2) is 23.5 Å². The fourth-order valence-electron chi connectivity index (χ4n) is 3.14. The van der Waals surface area contributed by atoms with E-state index in [1.807, 2.05) is 10.8 Å². The van der Waals surface area contributed by atoms with Crippen LogP contribution in [0.5, 0.6) is 0 Å². The van der Waals surface area contributed by atoms with E-state index in [1.54, 1.807) is 17.4 Å². The van der Waals surface area contributed by atoms with Crippen molar-refractivity contribution in [3.05, 3.63) is 60.7 Å². The van der Waals surface area contributed by atoms with Gasteiger partial charge in [0.15, 0.2) is 5.82 Å². The van der Waals surface area contributed by atoms with Crippen LogP contribution in [0, 0.1) is 17.6 Å². The predicted octanol–water partition coefficient (Wildman–Crippen LogP) is 2.97. The number of amides is 2. The van der Waals surface area contributed by atoms with Crippen LogP contribution < -0.4 is 11.1 Å². The molecule has 0 atom stereocenters. The summed E-state index contributed by atoms with van der Waals surface area (Å²) in [4.78, 5) is 22.3. The number of nitrogen functional groups attached to an aromatic ring is 1. The van der Waals surface area contributed by atoms with Gasteiger partial charge in [0.2, 0.25) is 0 Å². The van der Waals surface area contributed by atoms with Gasteiger partial charge in [0, 0.05) is 49.6 Å². The summed E-state index contributed by atoms with van der Waals surface area (Å²) in [6, 6.07) is 5.95. The second-order valence-corrected chi connectivity index (χ2v) is 6.72. The Morgan fingerprint density at radius 3 is 2.79 bits per heavy atom. The molecule has 1 aliphatic heterocycles. The number of benzene rings is 1. The fraction of sp³-hybridized carbons (Fsp3) is 0.211. The van der Waals surface area contributed by atoms with Crippen molar-refractivity contribution in [1.82, 2.24) is 19.4 Å². The molecule has 2 amide bonds. The zero-order chi connectivity index (χ0) is 19.7. The van der Waals surface area contributed by atoms with Gasteiger partial charge >= 0.3 is 6.03 Å². The Balaban J connectivity index is 1.42. The Hall–Kier alpha value is -3.49. The number of carbonyl (C=O) groups excluding carboxylic acids is 1. The van der Waals surface area contributed by atoms with Crippen molar-refractivity contribution in [2.45, 2.75) is 6.54 Å². The maximum Gasteiger partial charge on any atom is 0.323 e. The Kier molecular flexibility index (Phi) is 4.64. The van der Waals surface area contributed by atoms with Crippen molar-refractivity contribution in [3.8, 4) is 11.3 Å². The Labute approximate surface area is 159 Å². The van der Waals surface area contributed by atoms with Crippen molar-refractivity contribution in [2.75, 3.05) is 24.1 Å². The number of nitrogens with zero attached hydrogens (tertiary/aromatic N) is 4. The molecule has 0 unspecified atom stereocenters. The van der Waals surface area contributed by atoms with E-state index in [2.05, 4.69) is 15.3 Å². The molecule has 7 nitrogen and oxygen atoms in total. The fourth-order valence-corrected chi connectivity index (χ4v) is 3.14. The normalized spacial score (nSPS) is 14.0. The summed E-state index contributed by atoms with van der Waals surface area (Å²) in [6.07, 6.45) is 5.34. The second-order valence-electron chi connectivity index (χ2n) is 6.72. The van der Waals surface area contributed by atoms with E-state index in [4.69, 9.17) is 5.73 Å². The van der Waals surface area contributed by atoms with Crippen LogP contribution in [-0.2, 0) is 6.54 Å². The topological polar surface area (TPSA) is 89.1 Å². The van der Waals surface area contributed by atoms with Crippen LogP contribution in [0.2, 0.25) is 0 Å². The number of nitrogens with one attached hydrogen (secondary N) is 1. The van der Waals surface area contributed by atoms with E-state index in [0.29, 0.717) is 19.0 Å². The highest BCUT2D eigenvalue weighted by atomic mass is 19.1. The molecule has 3 heterocycles. The number of pyridine rings is 1. The van der Waals surface area contributed by atoms with E-state index in [9.17, 15) is 13.6 Å². The largest absolute Gasteiger partial charge is 0.396 e. The highest BCUT2D eigenvalue weighted by Gasteiger charge is 2.31. The van der Waals surface area contributed by atoms with E-state index in [-0.39, 0.29) is 28.8 Å². The lowest BCUT2D eigenvalue weighted by Gasteiger charge is -2.39. The first-order chi connectivity index (χ1) is 13.5.